The average Bonchev–Trinajstić information content (AvgIpc) is 3.01. The first-order valence-corrected chi connectivity index (χ1v) is 8.92. The summed E-state index contributed by atoms with van der Waals surface area (Å²) in [4.78, 5) is 26.6. The highest BCUT2D eigenvalue weighted by Gasteiger charge is 2.34. The number of amides is 2. The molecule has 5 heteroatoms. The van der Waals surface area contributed by atoms with Crippen LogP contribution in [0.25, 0.3) is 0 Å². The van der Waals surface area contributed by atoms with Gasteiger partial charge in [0.2, 0.25) is 5.91 Å². The van der Waals surface area contributed by atoms with E-state index < -0.39 is 5.60 Å². The summed E-state index contributed by atoms with van der Waals surface area (Å²) < 4.78 is 0. The Balaban J connectivity index is 1.53. The van der Waals surface area contributed by atoms with Crippen LogP contribution in [0, 0.1) is 0 Å². The Labute approximate surface area is 143 Å². The molecule has 1 aliphatic carbocycles. The lowest BCUT2D eigenvalue weighted by Gasteiger charge is -2.34. The van der Waals surface area contributed by atoms with Crippen LogP contribution < -0.4 is 5.32 Å². The number of likely N-dealkylation sites (tertiary alicyclic amines) is 1. The van der Waals surface area contributed by atoms with Gasteiger partial charge in [0.05, 0.1) is 12.0 Å². The first-order chi connectivity index (χ1) is 11.6. The van der Waals surface area contributed by atoms with Gasteiger partial charge in [0.1, 0.15) is 0 Å². The molecule has 1 aliphatic heterocycles. The number of carbonyl (C=O) groups is 2. The predicted octanol–water partition coefficient (Wildman–Crippen LogP) is 2.10. The maximum Gasteiger partial charge on any atom is 0.253 e. The van der Waals surface area contributed by atoms with Gasteiger partial charge in [-0.2, -0.15) is 0 Å². The number of nitrogens with one attached hydrogen (secondary N) is 1. The molecule has 1 saturated carbocycles. The molecule has 0 unspecified atom stereocenters. The summed E-state index contributed by atoms with van der Waals surface area (Å²) >= 11 is 0. The van der Waals surface area contributed by atoms with Gasteiger partial charge in [-0.15, -0.1) is 0 Å². The van der Waals surface area contributed by atoms with E-state index in [1.54, 1.807) is 0 Å². The number of hydrogen-bond donors (Lipinski definition) is 2. The van der Waals surface area contributed by atoms with Crippen molar-refractivity contribution in [2.75, 3.05) is 13.1 Å². The highest BCUT2D eigenvalue weighted by atomic mass is 16.3. The third-order valence-corrected chi connectivity index (χ3v) is 5.12. The van der Waals surface area contributed by atoms with Gasteiger partial charge in [-0.05, 0) is 37.8 Å². The Bertz CT molecular complexity index is 582. The van der Waals surface area contributed by atoms with Crippen molar-refractivity contribution in [2.24, 2.45) is 0 Å². The van der Waals surface area contributed by atoms with Gasteiger partial charge in [-0.1, -0.05) is 31.0 Å². The zero-order chi connectivity index (χ0) is 17.0. The molecule has 1 saturated heterocycles. The van der Waals surface area contributed by atoms with Crippen LogP contribution in [0.1, 0.15) is 55.3 Å². The molecule has 3 rings (SSSR count). The molecular formula is C19H26N2O3. The normalized spacial score (nSPS) is 23.0. The maximum atomic E-state index is 12.5. The van der Waals surface area contributed by atoms with Crippen LogP contribution in [0.15, 0.2) is 30.3 Å². The van der Waals surface area contributed by atoms with E-state index in [1.165, 1.54) is 0 Å². The van der Waals surface area contributed by atoms with Crippen LogP contribution in [0.2, 0.25) is 0 Å². The lowest BCUT2D eigenvalue weighted by atomic mass is 9.97. The third kappa shape index (κ3) is 4.15. The molecule has 2 fully saturated rings. The van der Waals surface area contributed by atoms with Crippen molar-refractivity contribution in [3.63, 3.8) is 0 Å². The van der Waals surface area contributed by atoms with Gasteiger partial charge in [-0.25, -0.2) is 0 Å². The average molecular weight is 330 g/mol. The fourth-order valence-electron chi connectivity index (χ4n) is 3.83. The molecule has 1 aromatic rings. The van der Waals surface area contributed by atoms with Crippen molar-refractivity contribution in [1.29, 1.82) is 0 Å². The molecular weight excluding hydrogens is 304 g/mol. The van der Waals surface area contributed by atoms with E-state index in [4.69, 9.17) is 0 Å². The summed E-state index contributed by atoms with van der Waals surface area (Å²) in [5.74, 6) is -0.0811. The van der Waals surface area contributed by atoms with Crippen molar-refractivity contribution >= 4 is 11.8 Å². The van der Waals surface area contributed by atoms with Crippen LogP contribution >= 0.6 is 0 Å². The smallest absolute Gasteiger partial charge is 0.253 e. The summed E-state index contributed by atoms with van der Waals surface area (Å²) in [5.41, 5.74) is -0.136. The van der Waals surface area contributed by atoms with Crippen molar-refractivity contribution in [3.05, 3.63) is 35.9 Å². The van der Waals surface area contributed by atoms with E-state index >= 15 is 0 Å². The molecule has 1 atom stereocenters. The first kappa shape index (κ1) is 17.0. The standard InChI is InChI=1S/C19H26N2O3/c22-17(13-19(24)10-4-5-11-19)20-16-9-6-12-21(14-16)18(23)15-7-2-1-3-8-15/h1-3,7-8,16,24H,4-6,9-14H2,(H,20,22)/t16-/m1/s1. The molecule has 130 valence electrons. The van der Waals surface area contributed by atoms with Crippen LogP contribution in [0.3, 0.4) is 0 Å². The van der Waals surface area contributed by atoms with E-state index in [0.29, 0.717) is 24.9 Å². The number of carbonyl (C=O) groups excluding carboxylic acids is 2. The second-order valence-corrected chi connectivity index (χ2v) is 7.13. The number of nitrogens with zero attached hydrogens (tertiary/aromatic N) is 1. The second kappa shape index (κ2) is 7.34. The van der Waals surface area contributed by atoms with Crippen LogP contribution in [-0.4, -0.2) is 46.6 Å². The van der Waals surface area contributed by atoms with Gasteiger partial charge in [0.25, 0.3) is 5.91 Å². The van der Waals surface area contributed by atoms with Crippen LogP contribution in [0.4, 0.5) is 0 Å². The minimum absolute atomic E-state index is 0.0176. The van der Waals surface area contributed by atoms with Crippen LogP contribution in [0.5, 0.6) is 0 Å². The number of piperidine rings is 1. The number of rotatable bonds is 4. The van der Waals surface area contributed by atoms with E-state index in [2.05, 4.69) is 5.32 Å². The largest absolute Gasteiger partial charge is 0.389 e. The number of hydrogen-bond acceptors (Lipinski definition) is 3. The highest BCUT2D eigenvalue weighted by molar-refractivity contribution is 5.94. The zero-order valence-corrected chi connectivity index (χ0v) is 14.0. The van der Waals surface area contributed by atoms with Gasteiger partial charge < -0.3 is 15.3 Å². The molecule has 24 heavy (non-hydrogen) atoms. The molecule has 5 nitrogen and oxygen atoms in total. The molecule has 2 N–H and O–H groups in total. The summed E-state index contributed by atoms with van der Waals surface area (Å²) in [6.07, 6.45) is 5.35. The zero-order valence-electron chi connectivity index (χ0n) is 14.0. The summed E-state index contributed by atoms with van der Waals surface area (Å²) in [5, 5.41) is 13.4. The Morgan fingerprint density at radius 1 is 1.17 bits per heavy atom. The van der Waals surface area contributed by atoms with E-state index in [-0.39, 0.29) is 24.3 Å². The fraction of sp³-hybridized carbons (Fsp3) is 0.579. The van der Waals surface area contributed by atoms with E-state index in [9.17, 15) is 14.7 Å². The minimum Gasteiger partial charge on any atom is -0.389 e. The second-order valence-electron chi connectivity index (χ2n) is 7.13. The summed E-state index contributed by atoms with van der Waals surface area (Å²) in [6, 6.07) is 9.23. The Morgan fingerprint density at radius 3 is 2.58 bits per heavy atom. The minimum atomic E-state index is -0.821. The molecule has 2 aliphatic rings. The molecule has 0 spiro atoms. The Hall–Kier alpha value is -1.88. The van der Waals surface area contributed by atoms with Gasteiger partial charge in [0.15, 0.2) is 0 Å². The number of benzene rings is 1. The summed E-state index contributed by atoms with van der Waals surface area (Å²) in [7, 11) is 0. The predicted molar refractivity (Wildman–Crippen MR) is 91.5 cm³/mol. The molecule has 0 bridgehead atoms. The summed E-state index contributed by atoms with van der Waals surface area (Å²) in [6.45, 7) is 1.27. The van der Waals surface area contributed by atoms with E-state index in [1.807, 2.05) is 35.2 Å². The van der Waals surface area contributed by atoms with E-state index in [0.717, 1.165) is 32.2 Å². The highest BCUT2D eigenvalue weighted by Crippen LogP contribution is 2.32. The molecule has 0 aromatic heterocycles. The van der Waals surface area contributed by atoms with Crippen molar-refractivity contribution in [1.82, 2.24) is 10.2 Å². The first-order valence-electron chi connectivity index (χ1n) is 8.92. The Kier molecular flexibility index (Phi) is 5.19. The van der Waals surface area contributed by atoms with Gasteiger partial charge in [0, 0.05) is 24.7 Å². The van der Waals surface area contributed by atoms with Gasteiger partial charge in [-0.3, -0.25) is 9.59 Å². The monoisotopic (exact) mass is 330 g/mol. The molecule has 2 amide bonds. The molecule has 1 aromatic carbocycles. The van der Waals surface area contributed by atoms with Crippen LogP contribution in [-0.2, 0) is 4.79 Å². The number of aliphatic hydroxyl groups is 1. The molecule has 0 radical (unpaired) electrons. The lowest BCUT2D eigenvalue weighted by molar-refractivity contribution is -0.126. The third-order valence-electron chi connectivity index (χ3n) is 5.12. The van der Waals surface area contributed by atoms with Crippen molar-refractivity contribution in [2.45, 2.75) is 56.6 Å². The lowest BCUT2D eigenvalue weighted by Crippen LogP contribution is -2.50. The SMILES string of the molecule is O=C(CC1(O)CCCC1)N[C@@H]1CCCN(C(=O)c2ccccc2)C1. The fourth-order valence-corrected chi connectivity index (χ4v) is 3.83. The topological polar surface area (TPSA) is 69.6 Å². The molecule has 1 heterocycles. The Morgan fingerprint density at radius 2 is 1.88 bits per heavy atom. The van der Waals surface area contributed by atoms with Gasteiger partial charge >= 0.3 is 0 Å². The van der Waals surface area contributed by atoms with Crippen molar-refractivity contribution in [3.8, 4) is 0 Å². The maximum absolute atomic E-state index is 12.5. The van der Waals surface area contributed by atoms with Crippen molar-refractivity contribution < 1.29 is 14.7 Å². The quantitative estimate of drug-likeness (QED) is 0.888.